The lowest BCUT2D eigenvalue weighted by Crippen LogP contribution is -2.57. The summed E-state index contributed by atoms with van der Waals surface area (Å²) >= 11 is 0. The predicted octanol–water partition coefficient (Wildman–Crippen LogP) is 2.36. The van der Waals surface area contributed by atoms with Crippen LogP contribution in [-0.2, 0) is 9.59 Å². The number of carbonyl (C=O) groups excluding carboxylic acids is 2. The SMILES string of the molecule is CC(C)CNC(=O)N1CCCC(C(=O)NC2(C(=O)O)CCCCCC2)C1. The van der Waals surface area contributed by atoms with E-state index < -0.39 is 11.5 Å². The van der Waals surface area contributed by atoms with Gasteiger partial charge in [-0.2, -0.15) is 0 Å². The molecular weight excluding hydrogens is 334 g/mol. The van der Waals surface area contributed by atoms with Gasteiger partial charge < -0.3 is 20.6 Å². The Morgan fingerprint density at radius 2 is 1.77 bits per heavy atom. The lowest BCUT2D eigenvalue weighted by molar-refractivity contribution is -0.149. The molecule has 3 amide bonds. The number of rotatable bonds is 5. The molecule has 2 aliphatic rings. The number of carbonyl (C=O) groups is 3. The van der Waals surface area contributed by atoms with Gasteiger partial charge in [-0.05, 0) is 31.6 Å². The number of amides is 3. The van der Waals surface area contributed by atoms with Crippen LogP contribution in [-0.4, -0.2) is 53.1 Å². The lowest BCUT2D eigenvalue weighted by Gasteiger charge is -2.35. The number of piperidine rings is 1. The summed E-state index contributed by atoms with van der Waals surface area (Å²) in [5, 5.41) is 15.5. The van der Waals surface area contributed by atoms with Gasteiger partial charge in [0.1, 0.15) is 5.54 Å². The molecule has 0 aromatic heterocycles. The summed E-state index contributed by atoms with van der Waals surface area (Å²) < 4.78 is 0. The third-order valence-electron chi connectivity index (χ3n) is 5.47. The van der Waals surface area contributed by atoms with Crippen molar-refractivity contribution in [3.05, 3.63) is 0 Å². The molecule has 0 aromatic carbocycles. The third-order valence-corrected chi connectivity index (χ3v) is 5.47. The minimum absolute atomic E-state index is 0.140. The van der Waals surface area contributed by atoms with Gasteiger partial charge in [0.25, 0.3) is 0 Å². The zero-order valence-corrected chi connectivity index (χ0v) is 16.1. The van der Waals surface area contributed by atoms with E-state index in [1.54, 1.807) is 4.90 Å². The second-order valence-electron chi connectivity index (χ2n) is 8.16. The highest BCUT2D eigenvalue weighted by Crippen LogP contribution is 2.28. The predicted molar refractivity (Wildman–Crippen MR) is 98.7 cm³/mol. The maximum atomic E-state index is 12.8. The number of carboxylic acids is 1. The topological polar surface area (TPSA) is 98.7 Å². The first-order valence-electron chi connectivity index (χ1n) is 9.92. The molecule has 0 bridgehead atoms. The van der Waals surface area contributed by atoms with Crippen molar-refractivity contribution in [1.29, 1.82) is 0 Å². The molecule has 26 heavy (non-hydrogen) atoms. The van der Waals surface area contributed by atoms with E-state index in [0.29, 0.717) is 44.8 Å². The van der Waals surface area contributed by atoms with E-state index in [4.69, 9.17) is 0 Å². The summed E-state index contributed by atoms with van der Waals surface area (Å²) in [5.41, 5.74) is -1.14. The Morgan fingerprint density at radius 1 is 1.12 bits per heavy atom. The summed E-state index contributed by atoms with van der Waals surface area (Å²) in [6.45, 7) is 5.66. The van der Waals surface area contributed by atoms with E-state index in [1.807, 2.05) is 13.8 Å². The Kier molecular flexibility index (Phi) is 7.29. The highest BCUT2D eigenvalue weighted by atomic mass is 16.4. The van der Waals surface area contributed by atoms with Crippen LogP contribution in [0.3, 0.4) is 0 Å². The monoisotopic (exact) mass is 367 g/mol. The van der Waals surface area contributed by atoms with Crippen molar-refractivity contribution >= 4 is 17.9 Å². The first-order chi connectivity index (χ1) is 12.3. The number of nitrogens with zero attached hydrogens (tertiary/aromatic N) is 1. The van der Waals surface area contributed by atoms with Crippen molar-refractivity contribution in [2.45, 2.75) is 70.8 Å². The van der Waals surface area contributed by atoms with Gasteiger partial charge in [-0.1, -0.05) is 39.5 Å². The summed E-state index contributed by atoms with van der Waals surface area (Å²) in [5.74, 6) is -1.13. The first-order valence-corrected chi connectivity index (χ1v) is 9.92. The van der Waals surface area contributed by atoms with Gasteiger partial charge in [0.2, 0.25) is 5.91 Å². The smallest absolute Gasteiger partial charge is 0.329 e. The molecule has 1 heterocycles. The van der Waals surface area contributed by atoms with Gasteiger partial charge in [-0.3, -0.25) is 4.79 Å². The maximum absolute atomic E-state index is 12.8. The van der Waals surface area contributed by atoms with Crippen molar-refractivity contribution in [3.8, 4) is 0 Å². The normalized spacial score (nSPS) is 23.2. The number of aliphatic carboxylic acids is 1. The Morgan fingerprint density at radius 3 is 2.35 bits per heavy atom. The van der Waals surface area contributed by atoms with Gasteiger partial charge in [0.15, 0.2) is 0 Å². The minimum Gasteiger partial charge on any atom is -0.480 e. The van der Waals surface area contributed by atoms with Crippen LogP contribution >= 0.6 is 0 Å². The molecule has 7 nitrogen and oxygen atoms in total. The molecule has 0 aromatic rings. The van der Waals surface area contributed by atoms with Crippen molar-refractivity contribution in [1.82, 2.24) is 15.5 Å². The van der Waals surface area contributed by atoms with E-state index in [9.17, 15) is 19.5 Å². The molecule has 7 heteroatoms. The van der Waals surface area contributed by atoms with Crippen molar-refractivity contribution in [2.75, 3.05) is 19.6 Å². The number of nitrogens with one attached hydrogen (secondary N) is 2. The third kappa shape index (κ3) is 5.35. The fourth-order valence-electron chi connectivity index (χ4n) is 3.84. The van der Waals surface area contributed by atoms with E-state index in [-0.39, 0.29) is 17.9 Å². The van der Waals surface area contributed by atoms with Crippen LogP contribution in [0.5, 0.6) is 0 Å². The number of hydrogen-bond acceptors (Lipinski definition) is 3. The van der Waals surface area contributed by atoms with Crippen LogP contribution in [0.2, 0.25) is 0 Å². The number of carboxylic acid groups (broad SMARTS) is 1. The van der Waals surface area contributed by atoms with Crippen LogP contribution < -0.4 is 10.6 Å². The zero-order valence-electron chi connectivity index (χ0n) is 16.1. The average molecular weight is 367 g/mol. The van der Waals surface area contributed by atoms with Crippen LogP contribution in [0, 0.1) is 11.8 Å². The second-order valence-corrected chi connectivity index (χ2v) is 8.16. The Hall–Kier alpha value is -1.79. The summed E-state index contributed by atoms with van der Waals surface area (Å²) in [6, 6.07) is -0.140. The van der Waals surface area contributed by atoms with Crippen molar-refractivity contribution < 1.29 is 19.5 Å². The maximum Gasteiger partial charge on any atom is 0.329 e. The molecule has 0 radical (unpaired) electrons. The first kappa shape index (κ1) is 20.5. The minimum atomic E-state index is -1.14. The van der Waals surface area contributed by atoms with Crippen LogP contribution in [0.1, 0.15) is 65.2 Å². The molecule has 2 fully saturated rings. The Balaban J connectivity index is 1.97. The van der Waals surface area contributed by atoms with Gasteiger partial charge in [0.05, 0.1) is 5.92 Å². The lowest BCUT2D eigenvalue weighted by atomic mass is 9.88. The molecule has 3 N–H and O–H groups in total. The van der Waals surface area contributed by atoms with E-state index in [0.717, 1.165) is 32.1 Å². The summed E-state index contributed by atoms with van der Waals surface area (Å²) in [6.07, 6.45) is 6.08. The molecule has 1 saturated heterocycles. The largest absolute Gasteiger partial charge is 0.480 e. The molecular formula is C19H33N3O4. The molecule has 1 atom stereocenters. The number of likely N-dealkylation sites (tertiary alicyclic amines) is 1. The molecule has 1 aliphatic heterocycles. The number of hydrogen-bond donors (Lipinski definition) is 3. The molecule has 1 unspecified atom stereocenters. The van der Waals surface area contributed by atoms with E-state index >= 15 is 0 Å². The van der Waals surface area contributed by atoms with Crippen molar-refractivity contribution in [3.63, 3.8) is 0 Å². The van der Waals surface area contributed by atoms with Gasteiger partial charge in [-0.25, -0.2) is 9.59 Å². The van der Waals surface area contributed by atoms with Gasteiger partial charge >= 0.3 is 12.0 Å². The van der Waals surface area contributed by atoms with Crippen molar-refractivity contribution in [2.24, 2.45) is 11.8 Å². The molecule has 2 rings (SSSR count). The summed E-state index contributed by atoms with van der Waals surface area (Å²) in [4.78, 5) is 38.6. The molecule has 1 saturated carbocycles. The van der Waals surface area contributed by atoms with Crippen LogP contribution in [0.15, 0.2) is 0 Å². The molecule has 1 aliphatic carbocycles. The fraction of sp³-hybridized carbons (Fsp3) is 0.842. The van der Waals surface area contributed by atoms with Gasteiger partial charge in [0, 0.05) is 19.6 Å². The van der Waals surface area contributed by atoms with E-state index in [1.165, 1.54) is 0 Å². The molecule has 148 valence electrons. The highest BCUT2D eigenvalue weighted by molar-refractivity contribution is 5.88. The zero-order chi connectivity index (χ0) is 19.2. The Bertz CT molecular complexity index is 513. The van der Waals surface area contributed by atoms with E-state index in [2.05, 4.69) is 10.6 Å². The highest BCUT2D eigenvalue weighted by Gasteiger charge is 2.42. The number of urea groups is 1. The quantitative estimate of drug-likeness (QED) is 0.650. The van der Waals surface area contributed by atoms with Crippen LogP contribution in [0.25, 0.3) is 0 Å². The molecule has 0 spiro atoms. The fourth-order valence-corrected chi connectivity index (χ4v) is 3.84. The standard InChI is InChI=1S/C19H33N3O4/c1-14(2)12-20-18(26)22-11-7-8-15(13-22)16(23)21-19(17(24)25)9-5-3-4-6-10-19/h14-15H,3-13H2,1-2H3,(H,20,26)(H,21,23)(H,24,25). The van der Waals surface area contributed by atoms with Gasteiger partial charge in [-0.15, -0.1) is 0 Å². The van der Waals surface area contributed by atoms with Crippen LogP contribution in [0.4, 0.5) is 4.79 Å². The summed E-state index contributed by atoms with van der Waals surface area (Å²) in [7, 11) is 0. The average Bonchev–Trinajstić information content (AvgIpc) is 2.86. The Labute approximate surface area is 155 Å². The second kappa shape index (κ2) is 9.24.